The highest BCUT2D eigenvalue weighted by atomic mass is 32.2. The Morgan fingerprint density at radius 2 is 1.90 bits per heavy atom. The van der Waals surface area contributed by atoms with Crippen LogP contribution >= 0.6 is 0 Å². The first kappa shape index (κ1) is 13.6. The third-order valence-corrected chi connectivity index (χ3v) is 4.80. The Bertz CT molecular complexity index is 868. The Balaban J connectivity index is 2.42. The number of fused-ring (bicyclic) bond motifs is 3. The molecule has 1 aliphatic heterocycles. The van der Waals surface area contributed by atoms with Crippen LogP contribution in [-0.2, 0) is 10.0 Å². The first-order chi connectivity index (χ1) is 10.1. The summed E-state index contributed by atoms with van der Waals surface area (Å²) in [5, 5.41) is 0. The van der Waals surface area contributed by atoms with Crippen LogP contribution in [0.25, 0.3) is 17.2 Å². The number of sulfonamides is 1. The van der Waals surface area contributed by atoms with E-state index in [-0.39, 0.29) is 4.90 Å². The van der Waals surface area contributed by atoms with Crippen LogP contribution < -0.4 is 4.72 Å². The minimum absolute atomic E-state index is 0.287. The normalized spacial score (nSPS) is 15.1. The highest BCUT2D eigenvalue weighted by Crippen LogP contribution is 2.45. The predicted octanol–water partition coefficient (Wildman–Crippen LogP) is 3.83. The number of hydrogen-bond acceptors (Lipinski definition) is 3. The van der Waals surface area contributed by atoms with Gasteiger partial charge < -0.3 is 0 Å². The average Bonchev–Trinajstić information content (AvgIpc) is 2.48. The number of aliphatic imine (C=N–C) groups is 1. The lowest BCUT2D eigenvalue weighted by molar-refractivity contribution is 0.601. The molecule has 0 spiro atoms. The summed E-state index contributed by atoms with van der Waals surface area (Å²) in [5.41, 5.74) is 3.39. The molecular weight excluding hydrogens is 284 g/mol. The molecule has 106 valence electrons. The molecule has 0 bridgehead atoms. The van der Waals surface area contributed by atoms with Crippen molar-refractivity contribution < 1.29 is 8.42 Å². The zero-order chi connectivity index (χ0) is 15.0. The highest BCUT2D eigenvalue weighted by Gasteiger charge is 2.29. The summed E-state index contributed by atoms with van der Waals surface area (Å²) in [6, 6.07) is 10.7. The predicted molar refractivity (Wildman–Crippen MR) is 86.6 cm³/mol. The molecule has 0 aliphatic carbocycles. The molecule has 5 heteroatoms. The maximum Gasteiger partial charge on any atom is 0.262 e. The standard InChI is InChI=1S/C16H14N2O2S/c1-3-11-9-10-13-12-7-5-6-8-14(12)21(19,20)18-16(13)15(11)17-4-2/h3-10,18H,1H2,2H3. The second-order valence-corrected chi connectivity index (χ2v) is 6.27. The lowest BCUT2D eigenvalue weighted by Crippen LogP contribution is -2.19. The fraction of sp³-hybridized carbons (Fsp3) is 0.0625. The maximum absolute atomic E-state index is 12.4. The highest BCUT2D eigenvalue weighted by molar-refractivity contribution is 7.93. The summed E-state index contributed by atoms with van der Waals surface area (Å²) < 4.78 is 27.4. The van der Waals surface area contributed by atoms with E-state index in [9.17, 15) is 8.42 Å². The van der Waals surface area contributed by atoms with Gasteiger partial charge in [0.05, 0.1) is 16.3 Å². The average molecular weight is 298 g/mol. The van der Waals surface area contributed by atoms with E-state index in [1.54, 1.807) is 37.4 Å². The smallest absolute Gasteiger partial charge is 0.262 e. The van der Waals surface area contributed by atoms with Gasteiger partial charge in [-0.1, -0.05) is 43.0 Å². The van der Waals surface area contributed by atoms with Crippen molar-refractivity contribution in [1.82, 2.24) is 0 Å². The molecule has 0 unspecified atom stereocenters. The lowest BCUT2D eigenvalue weighted by atomic mass is 9.99. The molecule has 0 saturated heterocycles. The molecular formula is C16H14N2O2S. The first-order valence-electron chi connectivity index (χ1n) is 6.49. The van der Waals surface area contributed by atoms with Crippen molar-refractivity contribution in [2.75, 3.05) is 4.72 Å². The molecule has 4 nitrogen and oxygen atoms in total. The van der Waals surface area contributed by atoms with E-state index in [0.717, 1.165) is 11.1 Å². The SMILES string of the molecule is C=Cc1ccc2c(c1N=CC)NS(=O)(=O)c1ccccc1-2. The van der Waals surface area contributed by atoms with Crippen molar-refractivity contribution in [1.29, 1.82) is 0 Å². The van der Waals surface area contributed by atoms with Crippen LogP contribution in [0.4, 0.5) is 11.4 Å². The lowest BCUT2D eigenvalue weighted by Gasteiger charge is -2.23. The molecule has 1 heterocycles. The van der Waals surface area contributed by atoms with Gasteiger partial charge in [0.2, 0.25) is 0 Å². The number of nitrogens with zero attached hydrogens (tertiary/aromatic N) is 1. The largest absolute Gasteiger partial charge is 0.277 e. The van der Waals surface area contributed by atoms with Gasteiger partial charge in [-0.2, -0.15) is 0 Å². The van der Waals surface area contributed by atoms with Gasteiger partial charge >= 0.3 is 0 Å². The van der Waals surface area contributed by atoms with E-state index in [0.29, 0.717) is 16.9 Å². The number of hydrogen-bond donors (Lipinski definition) is 1. The Morgan fingerprint density at radius 3 is 2.62 bits per heavy atom. The third kappa shape index (κ3) is 2.06. The molecule has 0 saturated carbocycles. The van der Waals surface area contributed by atoms with Gasteiger partial charge in [-0.05, 0) is 13.0 Å². The Morgan fingerprint density at radius 1 is 1.14 bits per heavy atom. The van der Waals surface area contributed by atoms with Crippen molar-refractivity contribution in [2.45, 2.75) is 11.8 Å². The zero-order valence-electron chi connectivity index (χ0n) is 11.5. The molecule has 1 N–H and O–H groups in total. The van der Waals surface area contributed by atoms with Crippen LogP contribution in [0.2, 0.25) is 0 Å². The number of rotatable bonds is 2. The molecule has 0 aromatic heterocycles. The summed E-state index contributed by atoms with van der Waals surface area (Å²) in [6.07, 6.45) is 3.30. The fourth-order valence-corrected chi connectivity index (χ4v) is 3.79. The molecule has 0 atom stereocenters. The summed E-state index contributed by atoms with van der Waals surface area (Å²) in [6.45, 7) is 5.54. The number of nitrogens with one attached hydrogen (secondary N) is 1. The minimum Gasteiger partial charge on any atom is -0.277 e. The van der Waals surface area contributed by atoms with E-state index < -0.39 is 10.0 Å². The minimum atomic E-state index is -3.58. The molecule has 21 heavy (non-hydrogen) atoms. The first-order valence-corrected chi connectivity index (χ1v) is 7.97. The van der Waals surface area contributed by atoms with E-state index in [2.05, 4.69) is 16.3 Å². The molecule has 1 aliphatic rings. The van der Waals surface area contributed by atoms with E-state index in [1.165, 1.54) is 0 Å². The topological polar surface area (TPSA) is 58.5 Å². The zero-order valence-corrected chi connectivity index (χ0v) is 12.3. The van der Waals surface area contributed by atoms with Crippen LogP contribution in [0.1, 0.15) is 12.5 Å². The molecule has 0 amide bonds. The van der Waals surface area contributed by atoms with Gasteiger partial charge in [-0.25, -0.2) is 8.42 Å². The summed E-state index contributed by atoms with van der Waals surface area (Å²) in [5.74, 6) is 0. The fourth-order valence-electron chi connectivity index (χ4n) is 2.48. The summed E-state index contributed by atoms with van der Waals surface area (Å²) >= 11 is 0. The molecule has 0 fully saturated rings. The summed E-state index contributed by atoms with van der Waals surface area (Å²) in [7, 11) is -3.58. The van der Waals surface area contributed by atoms with Crippen LogP contribution in [0, 0.1) is 0 Å². The molecule has 0 radical (unpaired) electrons. The maximum atomic E-state index is 12.4. The van der Waals surface area contributed by atoms with Crippen molar-refractivity contribution >= 4 is 33.7 Å². The Hall–Kier alpha value is -2.40. The van der Waals surface area contributed by atoms with Crippen LogP contribution in [0.5, 0.6) is 0 Å². The second kappa shape index (κ2) is 4.86. The Labute approximate surface area is 123 Å². The van der Waals surface area contributed by atoms with Gasteiger partial charge in [0.1, 0.15) is 0 Å². The van der Waals surface area contributed by atoms with Gasteiger partial charge in [-0.3, -0.25) is 9.71 Å². The second-order valence-electron chi connectivity index (χ2n) is 4.62. The quantitative estimate of drug-likeness (QED) is 0.856. The number of benzene rings is 2. The van der Waals surface area contributed by atoms with Crippen LogP contribution in [0.15, 0.2) is 52.9 Å². The van der Waals surface area contributed by atoms with Crippen LogP contribution in [-0.4, -0.2) is 14.6 Å². The van der Waals surface area contributed by atoms with Crippen LogP contribution in [0.3, 0.4) is 0 Å². The van der Waals surface area contributed by atoms with Crippen molar-refractivity contribution in [3.8, 4) is 11.1 Å². The van der Waals surface area contributed by atoms with E-state index in [4.69, 9.17) is 0 Å². The van der Waals surface area contributed by atoms with Gasteiger partial charge in [0, 0.05) is 22.9 Å². The van der Waals surface area contributed by atoms with Gasteiger partial charge in [-0.15, -0.1) is 0 Å². The third-order valence-electron chi connectivity index (χ3n) is 3.39. The molecule has 2 aromatic carbocycles. The van der Waals surface area contributed by atoms with E-state index >= 15 is 0 Å². The van der Waals surface area contributed by atoms with Gasteiger partial charge in [0.25, 0.3) is 10.0 Å². The number of anilines is 1. The van der Waals surface area contributed by atoms with Crippen molar-refractivity contribution in [2.24, 2.45) is 4.99 Å². The van der Waals surface area contributed by atoms with Crippen molar-refractivity contribution in [3.05, 3.63) is 48.5 Å². The van der Waals surface area contributed by atoms with E-state index in [1.807, 2.05) is 18.2 Å². The monoisotopic (exact) mass is 298 g/mol. The summed E-state index contributed by atoms with van der Waals surface area (Å²) in [4.78, 5) is 4.59. The Kier molecular flexibility index (Phi) is 3.14. The molecule has 3 rings (SSSR count). The molecule has 2 aromatic rings. The van der Waals surface area contributed by atoms with Gasteiger partial charge in [0.15, 0.2) is 0 Å². The van der Waals surface area contributed by atoms with Crippen molar-refractivity contribution in [3.63, 3.8) is 0 Å².